The van der Waals surface area contributed by atoms with Crippen molar-refractivity contribution in [3.8, 4) is 22.9 Å². The van der Waals surface area contributed by atoms with Gasteiger partial charge in [-0.1, -0.05) is 11.3 Å². The average molecular weight is 380 g/mol. The molecule has 9 heteroatoms. The summed E-state index contributed by atoms with van der Waals surface area (Å²) in [5.74, 6) is 1.37. The summed E-state index contributed by atoms with van der Waals surface area (Å²) in [7, 11) is 3.23. The number of ether oxygens (including phenoxy) is 2. The Bertz CT molecular complexity index is 958. The molecule has 0 aromatic carbocycles. The molecule has 0 aliphatic carbocycles. The quantitative estimate of drug-likeness (QED) is 0.547. The first-order valence-corrected chi connectivity index (χ1v) is 7.92. The van der Waals surface area contributed by atoms with Crippen LogP contribution in [0.1, 0.15) is 0 Å². The summed E-state index contributed by atoms with van der Waals surface area (Å²) in [5.41, 5.74) is 2.36. The minimum absolute atomic E-state index is 0.676. The monoisotopic (exact) mass is 379 g/mol. The zero-order valence-corrected chi connectivity index (χ0v) is 14.1. The number of imidazole rings is 1. The van der Waals surface area contributed by atoms with Gasteiger partial charge in [0, 0.05) is 6.07 Å². The standard InChI is InChI=1S/C13H10BrN5O2S/c1-20-7-3-11(21-2)10-4-8(16-18(10)5-7)9-6-19-13(15-9)22-12(14)17-19/h3-6H,1-2H3. The largest absolute Gasteiger partial charge is 0.495 e. The molecule has 0 bridgehead atoms. The van der Waals surface area contributed by atoms with Gasteiger partial charge in [-0.3, -0.25) is 0 Å². The predicted molar refractivity (Wildman–Crippen MR) is 85.9 cm³/mol. The number of fused-ring (bicyclic) bond motifs is 2. The molecule has 0 fully saturated rings. The number of aromatic nitrogens is 5. The topological polar surface area (TPSA) is 66.0 Å². The summed E-state index contributed by atoms with van der Waals surface area (Å²) in [6.07, 6.45) is 3.65. The van der Waals surface area contributed by atoms with Crippen molar-refractivity contribution in [3.63, 3.8) is 0 Å². The maximum absolute atomic E-state index is 5.40. The molecule has 22 heavy (non-hydrogen) atoms. The zero-order valence-electron chi connectivity index (χ0n) is 11.6. The lowest BCUT2D eigenvalue weighted by atomic mass is 10.3. The highest BCUT2D eigenvalue weighted by molar-refractivity contribution is 9.11. The highest BCUT2D eigenvalue weighted by Gasteiger charge is 2.14. The van der Waals surface area contributed by atoms with Gasteiger partial charge in [0.2, 0.25) is 4.96 Å². The van der Waals surface area contributed by atoms with E-state index < -0.39 is 0 Å². The van der Waals surface area contributed by atoms with E-state index in [9.17, 15) is 0 Å². The van der Waals surface area contributed by atoms with Gasteiger partial charge in [-0.25, -0.2) is 14.0 Å². The number of hydrogen-bond donors (Lipinski definition) is 0. The van der Waals surface area contributed by atoms with Crippen LogP contribution in [0.2, 0.25) is 0 Å². The van der Waals surface area contributed by atoms with Crippen LogP contribution < -0.4 is 9.47 Å². The Morgan fingerprint density at radius 2 is 1.91 bits per heavy atom. The van der Waals surface area contributed by atoms with Gasteiger partial charge in [-0.05, 0) is 22.0 Å². The SMILES string of the molecule is COc1cc(OC)c2cc(-c3cn4nc(Br)sc4n3)nn2c1. The third kappa shape index (κ3) is 2.04. The van der Waals surface area contributed by atoms with Crippen molar-refractivity contribution in [3.05, 3.63) is 28.4 Å². The van der Waals surface area contributed by atoms with Crippen molar-refractivity contribution >= 4 is 37.7 Å². The van der Waals surface area contributed by atoms with E-state index in [-0.39, 0.29) is 0 Å². The molecule has 0 spiro atoms. The first-order valence-electron chi connectivity index (χ1n) is 6.31. The molecule has 0 unspecified atom stereocenters. The Hall–Kier alpha value is -2.13. The van der Waals surface area contributed by atoms with Crippen molar-refractivity contribution in [2.24, 2.45) is 0 Å². The molecule has 0 aliphatic heterocycles. The summed E-state index contributed by atoms with van der Waals surface area (Å²) in [5, 5.41) is 8.83. The van der Waals surface area contributed by atoms with E-state index in [1.807, 2.05) is 18.3 Å². The molecule has 0 amide bonds. The van der Waals surface area contributed by atoms with Gasteiger partial charge < -0.3 is 9.47 Å². The Labute approximate surface area is 137 Å². The Kier molecular flexibility index (Phi) is 3.05. The fourth-order valence-electron chi connectivity index (χ4n) is 2.24. The summed E-state index contributed by atoms with van der Waals surface area (Å²) >= 11 is 4.81. The Morgan fingerprint density at radius 3 is 2.64 bits per heavy atom. The van der Waals surface area contributed by atoms with Crippen molar-refractivity contribution in [1.82, 2.24) is 24.2 Å². The lowest BCUT2D eigenvalue weighted by Gasteiger charge is -2.05. The van der Waals surface area contributed by atoms with Gasteiger partial charge in [0.25, 0.3) is 0 Å². The first-order chi connectivity index (χ1) is 10.7. The van der Waals surface area contributed by atoms with Crippen LogP contribution in [0.3, 0.4) is 0 Å². The molecular weight excluding hydrogens is 370 g/mol. The Balaban J connectivity index is 1.89. The molecule has 4 aromatic heterocycles. The van der Waals surface area contributed by atoms with Crippen LogP contribution in [0, 0.1) is 0 Å². The summed E-state index contributed by atoms with van der Waals surface area (Å²) in [6, 6.07) is 3.75. The van der Waals surface area contributed by atoms with Gasteiger partial charge in [-0.15, -0.1) is 5.10 Å². The smallest absolute Gasteiger partial charge is 0.213 e. The summed E-state index contributed by atoms with van der Waals surface area (Å²) in [6.45, 7) is 0. The molecule has 112 valence electrons. The van der Waals surface area contributed by atoms with Crippen molar-refractivity contribution in [2.45, 2.75) is 0 Å². The fourth-order valence-corrected chi connectivity index (χ4v) is 3.45. The minimum Gasteiger partial charge on any atom is -0.495 e. The lowest BCUT2D eigenvalue weighted by molar-refractivity contribution is 0.392. The highest BCUT2D eigenvalue weighted by atomic mass is 79.9. The molecule has 0 radical (unpaired) electrons. The number of hydrogen-bond acceptors (Lipinski definition) is 6. The van der Waals surface area contributed by atoms with Crippen LogP contribution in [-0.2, 0) is 0 Å². The molecule has 0 aliphatic rings. The second kappa shape index (κ2) is 4.96. The molecule has 0 atom stereocenters. The second-order valence-electron chi connectivity index (χ2n) is 4.52. The molecule has 4 heterocycles. The van der Waals surface area contributed by atoms with E-state index >= 15 is 0 Å². The van der Waals surface area contributed by atoms with Crippen LogP contribution in [-0.4, -0.2) is 38.4 Å². The van der Waals surface area contributed by atoms with Gasteiger partial charge in [0.1, 0.15) is 28.4 Å². The van der Waals surface area contributed by atoms with Gasteiger partial charge in [0.15, 0.2) is 3.92 Å². The molecule has 0 saturated carbocycles. The van der Waals surface area contributed by atoms with Crippen molar-refractivity contribution < 1.29 is 9.47 Å². The van der Waals surface area contributed by atoms with E-state index in [0.717, 1.165) is 25.8 Å². The van der Waals surface area contributed by atoms with Crippen molar-refractivity contribution in [1.29, 1.82) is 0 Å². The summed E-state index contributed by atoms with van der Waals surface area (Å²) in [4.78, 5) is 5.35. The highest BCUT2D eigenvalue weighted by Crippen LogP contribution is 2.30. The molecular formula is C13H10BrN5O2S. The number of nitrogens with zero attached hydrogens (tertiary/aromatic N) is 5. The molecule has 4 rings (SSSR count). The van der Waals surface area contributed by atoms with Crippen LogP contribution in [0.15, 0.2) is 28.4 Å². The van der Waals surface area contributed by atoms with E-state index in [1.165, 1.54) is 11.3 Å². The van der Waals surface area contributed by atoms with E-state index in [0.29, 0.717) is 11.5 Å². The molecule has 7 nitrogen and oxygen atoms in total. The number of methoxy groups -OCH3 is 2. The van der Waals surface area contributed by atoms with Gasteiger partial charge >= 0.3 is 0 Å². The minimum atomic E-state index is 0.676. The number of pyridine rings is 1. The molecule has 0 saturated heterocycles. The Morgan fingerprint density at radius 1 is 1.05 bits per heavy atom. The van der Waals surface area contributed by atoms with E-state index in [1.54, 1.807) is 29.4 Å². The van der Waals surface area contributed by atoms with E-state index in [2.05, 4.69) is 31.1 Å². The maximum atomic E-state index is 5.40. The van der Waals surface area contributed by atoms with Crippen LogP contribution in [0.25, 0.3) is 21.9 Å². The second-order valence-corrected chi connectivity index (χ2v) is 6.75. The fraction of sp³-hybridized carbons (Fsp3) is 0.154. The lowest BCUT2D eigenvalue weighted by Crippen LogP contribution is -1.94. The van der Waals surface area contributed by atoms with E-state index in [4.69, 9.17) is 9.47 Å². The average Bonchev–Trinajstić information content (AvgIpc) is 3.17. The summed E-state index contributed by atoms with van der Waals surface area (Å²) < 4.78 is 14.9. The third-order valence-corrected chi connectivity index (χ3v) is 4.60. The van der Waals surface area contributed by atoms with Gasteiger partial charge in [-0.2, -0.15) is 5.10 Å². The first kappa shape index (κ1) is 13.5. The van der Waals surface area contributed by atoms with Crippen LogP contribution >= 0.6 is 27.3 Å². The van der Waals surface area contributed by atoms with Crippen molar-refractivity contribution in [2.75, 3.05) is 14.2 Å². The normalized spacial score (nSPS) is 11.4. The maximum Gasteiger partial charge on any atom is 0.213 e. The van der Waals surface area contributed by atoms with Gasteiger partial charge in [0.05, 0.1) is 26.6 Å². The van der Waals surface area contributed by atoms with Crippen LogP contribution in [0.4, 0.5) is 0 Å². The molecule has 0 N–H and O–H groups in total. The predicted octanol–water partition coefficient (Wildman–Crippen LogP) is 2.89. The number of rotatable bonds is 3. The zero-order chi connectivity index (χ0) is 15.3. The number of halogens is 1. The molecule has 4 aromatic rings. The third-order valence-electron chi connectivity index (χ3n) is 3.25. The van der Waals surface area contributed by atoms with Crippen LogP contribution in [0.5, 0.6) is 11.5 Å².